The number of hydrazone groups is 1. The fourth-order valence-corrected chi connectivity index (χ4v) is 3.33. The number of nitrogens with one attached hydrogen (secondary N) is 1. The molecule has 3 rings (SSSR count). The van der Waals surface area contributed by atoms with Crippen LogP contribution in [0.1, 0.15) is 10.6 Å². The molecule has 0 unspecified atom stereocenters. The molecule has 2 aromatic carbocycles. The lowest BCUT2D eigenvalue weighted by Gasteiger charge is -2.01. The van der Waals surface area contributed by atoms with Crippen LogP contribution in [-0.4, -0.2) is 10.7 Å². The van der Waals surface area contributed by atoms with Crippen molar-refractivity contribution in [3.63, 3.8) is 0 Å². The Bertz CT molecular complexity index is 971. The Balaban J connectivity index is 1.85. The van der Waals surface area contributed by atoms with Gasteiger partial charge in [-0.05, 0) is 37.3 Å². The van der Waals surface area contributed by atoms with Crippen molar-refractivity contribution in [1.82, 2.24) is 4.98 Å². The Morgan fingerprint density at radius 3 is 2.64 bits per heavy atom. The number of hydrogen-bond donors (Lipinski definition) is 1. The number of anilines is 1. The Morgan fingerprint density at radius 1 is 1.20 bits per heavy atom. The smallest absolute Gasteiger partial charge is 0.196 e. The zero-order valence-electron chi connectivity index (χ0n) is 13.1. The van der Waals surface area contributed by atoms with Gasteiger partial charge in [0, 0.05) is 16.0 Å². The summed E-state index contributed by atoms with van der Waals surface area (Å²) in [5.41, 5.74) is 6.48. The van der Waals surface area contributed by atoms with Crippen LogP contribution in [-0.2, 0) is 0 Å². The Hall–Kier alpha value is -2.39. The maximum atomic E-state index is 9.37. The molecule has 3 aromatic rings. The number of aromatic nitrogens is 1. The van der Waals surface area contributed by atoms with Crippen LogP contribution in [0, 0.1) is 18.3 Å². The van der Waals surface area contributed by atoms with E-state index >= 15 is 0 Å². The molecule has 1 aromatic heterocycles. The minimum Gasteiger partial charge on any atom is -0.277 e. The average Bonchev–Trinajstić information content (AvgIpc) is 3.06. The van der Waals surface area contributed by atoms with Gasteiger partial charge < -0.3 is 0 Å². The summed E-state index contributed by atoms with van der Waals surface area (Å²) in [6, 6.07) is 15.0. The van der Waals surface area contributed by atoms with Crippen LogP contribution in [0.5, 0.6) is 0 Å². The molecule has 0 fully saturated rings. The standard InChI is InChI=1S/C18H12Cl2N4S/c1-11-2-5-13(6-3-11)23-24-16(9-21)18-22-17(10-25-18)14-7-4-12(19)8-15(14)20/h2-8,10,23H,1H3/b24-16-. The fourth-order valence-electron chi connectivity index (χ4n) is 2.07. The van der Waals surface area contributed by atoms with E-state index in [2.05, 4.69) is 21.6 Å². The first kappa shape index (κ1) is 17.4. The monoisotopic (exact) mass is 386 g/mol. The van der Waals surface area contributed by atoms with Gasteiger partial charge in [0.25, 0.3) is 0 Å². The van der Waals surface area contributed by atoms with Gasteiger partial charge >= 0.3 is 0 Å². The van der Waals surface area contributed by atoms with Crippen LogP contribution in [0.15, 0.2) is 52.9 Å². The molecular formula is C18H12Cl2N4S. The summed E-state index contributed by atoms with van der Waals surface area (Å²) in [5, 5.41) is 17.0. The third kappa shape index (κ3) is 4.18. The van der Waals surface area contributed by atoms with Gasteiger partial charge in [0.15, 0.2) is 10.7 Å². The molecule has 4 nitrogen and oxygen atoms in total. The van der Waals surface area contributed by atoms with E-state index in [1.54, 1.807) is 18.2 Å². The molecule has 0 atom stereocenters. The summed E-state index contributed by atoms with van der Waals surface area (Å²) >= 11 is 13.5. The molecule has 0 aliphatic rings. The first-order valence-corrected chi connectivity index (χ1v) is 8.92. The van der Waals surface area contributed by atoms with Crippen LogP contribution in [0.3, 0.4) is 0 Å². The average molecular weight is 387 g/mol. The van der Waals surface area contributed by atoms with Gasteiger partial charge in [0.2, 0.25) is 0 Å². The number of nitrogens with zero attached hydrogens (tertiary/aromatic N) is 3. The number of thiazole rings is 1. The van der Waals surface area contributed by atoms with E-state index in [0.29, 0.717) is 20.7 Å². The predicted molar refractivity (Wildman–Crippen MR) is 105 cm³/mol. The first-order valence-electron chi connectivity index (χ1n) is 7.28. The Kier molecular flexibility index (Phi) is 5.34. The van der Waals surface area contributed by atoms with Gasteiger partial charge in [-0.2, -0.15) is 10.4 Å². The van der Waals surface area contributed by atoms with E-state index in [-0.39, 0.29) is 5.71 Å². The SMILES string of the molecule is Cc1ccc(N/N=C(/C#N)c2nc(-c3ccc(Cl)cc3Cl)cs2)cc1. The maximum Gasteiger partial charge on any atom is 0.196 e. The molecule has 1 heterocycles. The summed E-state index contributed by atoms with van der Waals surface area (Å²) in [5.74, 6) is 0. The molecule has 124 valence electrons. The topological polar surface area (TPSA) is 61.1 Å². The third-order valence-electron chi connectivity index (χ3n) is 3.37. The maximum absolute atomic E-state index is 9.37. The zero-order chi connectivity index (χ0) is 17.8. The molecule has 1 N–H and O–H groups in total. The van der Waals surface area contributed by atoms with Crippen molar-refractivity contribution in [2.75, 3.05) is 5.43 Å². The molecule has 0 saturated carbocycles. The van der Waals surface area contributed by atoms with E-state index in [1.807, 2.05) is 36.6 Å². The van der Waals surface area contributed by atoms with Crippen LogP contribution >= 0.6 is 34.5 Å². The molecule has 25 heavy (non-hydrogen) atoms. The molecular weight excluding hydrogens is 375 g/mol. The lowest BCUT2D eigenvalue weighted by Crippen LogP contribution is -2.01. The molecule has 0 radical (unpaired) electrons. The van der Waals surface area contributed by atoms with Crippen LogP contribution in [0.4, 0.5) is 5.69 Å². The quantitative estimate of drug-likeness (QED) is 0.457. The van der Waals surface area contributed by atoms with Gasteiger partial charge in [-0.15, -0.1) is 11.3 Å². The second-order valence-electron chi connectivity index (χ2n) is 5.21. The molecule has 0 aliphatic carbocycles. The molecule has 0 amide bonds. The highest BCUT2D eigenvalue weighted by atomic mass is 35.5. The summed E-state index contributed by atoms with van der Waals surface area (Å²) in [4.78, 5) is 4.47. The van der Waals surface area contributed by atoms with Gasteiger partial charge in [-0.25, -0.2) is 4.98 Å². The molecule has 0 bridgehead atoms. The number of rotatable bonds is 4. The van der Waals surface area contributed by atoms with Crippen molar-refractivity contribution in [2.24, 2.45) is 5.10 Å². The van der Waals surface area contributed by atoms with E-state index < -0.39 is 0 Å². The van der Waals surface area contributed by atoms with Crippen molar-refractivity contribution in [3.05, 3.63) is 68.5 Å². The van der Waals surface area contributed by atoms with Crippen LogP contribution in [0.25, 0.3) is 11.3 Å². The van der Waals surface area contributed by atoms with Crippen molar-refractivity contribution >= 4 is 45.9 Å². The van der Waals surface area contributed by atoms with E-state index in [9.17, 15) is 5.26 Å². The number of benzene rings is 2. The van der Waals surface area contributed by atoms with Crippen LogP contribution < -0.4 is 5.43 Å². The summed E-state index contributed by atoms with van der Waals surface area (Å²) in [6.07, 6.45) is 0. The summed E-state index contributed by atoms with van der Waals surface area (Å²) in [7, 11) is 0. The highest BCUT2D eigenvalue weighted by Crippen LogP contribution is 2.31. The normalized spacial score (nSPS) is 11.2. The zero-order valence-corrected chi connectivity index (χ0v) is 15.5. The molecule has 0 spiro atoms. The first-order chi connectivity index (χ1) is 12.1. The van der Waals surface area contributed by atoms with Gasteiger partial charge in [-0.3, -0.25) is 5.43 Å². The minimum atomic E-state index is 0.210. The lowest BCUT2D eigenvalue weighted by molar-refractivity contribution is 1.30. The van der Waals surface area contributed by atoms with Crippen molar-refractivity contribution in [1.29, 1.82) is 5.26 Å². The van der Waals surface area contributed by atoms with Gasteiger partial charge in [0.1, 0.15) is 6.07 Å². The fraction of sp³-hybridized carbons (Fsp3) is 0.0556. The predicted octanol–water partition coefficient (Wildman–Crippen LogP) is 5.77. The number of hydrogen-bond acceptors (Lipinski definition) is 5. The summed E-state index contributed by atoms with van der Waals surface area (Å²) in [6.45, 7) is 2.01. The Labute approximate surface area is 159 Å². The second-order valence-corrected chi connectivity index (χ2v) is 6.91. The molecule has 0 saturated heterocycles. The highest BCUT2D eigenvalue weighted by molar-refractivity contribution is 7.12. The van der Waals surface area contributed by atoms with Crippen molar-refractivity contribution in [3.8, 4) is 17.3 Å². The number of nitriles is 1. The van der Waals surface area contributed by atoms with Crippen molar-refractivity contribution in [2.45, 2.75) is 6.92 Å². The third-order valence-corrected chi connectivity index (χ3v) is 4.76. The Morgan fingerprint density at radius 2 is 1.96 bits per heavy atom. The largest absolute Gasteiger partial charge is 0.277 e. The van der Waals surface area contributed by atoms with E-state index in [1.165, 1.54) is 11.3 Å². The van der Waals surface area contributed by atoms with E-state index in [0.717, 1.165) is 16.8 Å². The minimum absolute atomic E-state index is 0.210. The van der Waals surface area contributed by atoms with E-state index in [4.69, 9.17) is 23.2 Å². The lowest BCUT2D eigenvalue weighted by atomic mass is 10.2. The van der Waals surface area contributed by atoms with Crippen molar-refractivity contribution < 1.29 is 0 Å². The second kappa shape index (κ2) is 7.66. The molecule has 0 aliphatic heterocycles. The van der Waals surface area contributed by atoms with Crippen LogP contribution in [0.2, 0.25) is 10.0 Å². The highest BCUT2D eigenvalue weighted by Gasteiger charge is 2.12. The number of halogens is 2. The molecule has 7 heteroatoms. The van der Waals surface area contributed by atoms with Gasteiger partial charge in [-0.1, -0.05) is 40.9 Å². The van der Waals surface area contributed by atoms with Gasteiger partial charge in [0.05, 0.1) is 16.4 Å². The number of aryl methyl sites for hydroxylation is 1. The summed E-state index contributed by atoms with van der Waals surface area (Å²) < 4.78 is 0.